The third kappa shape index (κ3) is 1.80. The van der Waals surface area contributed by atoms with Gasteiger partial charge in [0, 0.05) is 10.5 Å². The molecule has 1 aliphatic heterocycles. The zero-order valence-electron chi connectivity index (χ0n) is 10.00. The molecule has 5 N–H and O–H groups in total. The summed E-state index contributed by atoms with van der Waals surface area (Å²) in [6, 6.07) is 0.573. The van der Waals surface area contributed by atoms with E-state index in [1.54, 1.807) is 17.5 Å². The number of primary amides is 2. The molecule has 1 aromatic rings. The quantitative estimate of drug-likeness (QED) is 0.701. The van der Waals surface area contributed by atoms with E-state index in [4.69, 9.17) is 11.5 Å². The van der Waals surface area contributed by atoms with Crippen molar-refractivity contribution < 1.29 is 9.59 Å². The first kappa shape index (κ1) is 11.8. The van der Waals surface area contributed by atoms with Gasteiger partial charge in [0.25, 0.3) is 0 Å². The highest BCUT2D eigenvalue weighted by Gasteiger charge is 2.40. The SMILES string of the molecule is NC(=O)NN1C=C2c3sccc3CCC2N1C(N)=O. The Morgan fingerprint density at radius 1 is 1.42 bits per heavy atom. The summed E-state index contributed by atoms with van der Waals surface area (Å²) in [5, 5.41) is 4.62. The van der Waals surface area contributed by atoms with Crippen molar-refractivity contribution in [3.8, 4) is 0 Å². The third-order valence-corrected chi connectivity index (χ3v) is 4.30. The molecule has 2 aliphatic rings. The van der Waals surface area contributed by atoms with Crippen LogP contribution in [0.5, 0.6) is 0 Å². The highest BCUT2D eigenvalue weighted by molar-refractivity contribution is 7.11. The van der Waals surface area contributed by atoms with Crippen LogP contribution in [0.4, 0.5) is 9.59 Å². The molecule has 0 aromatic carbocycles. The van der Waals surface area contributed by atoms with Crippen molar-refractivity contribution in [3.63, 3.8) is 0 Å². The number of nitrogens with two attached hydrogens (primary N) is 2. The van der Waals surface area contributed by atoms with E-state index < -0.39 is 12.1 Å². The third-order valence-electron chi connectivity index (χ3n) is 3.29. The zero-order valence-corrected chi connectivity index (χ0v) is 10.8. The molecule has 1 aromatic heterocycles. The van der Waals surface area contributed by atoms with E-state index in [0.29, 0.717) is 0 Å². The number of fused-ring (bicyclic) bond motifs is 3. The van der Waals surface area contributed by atoms with E-state index >= 15 is 0 Å². The lowest BCUT2D eigenvalue weighted by molar-refractivity contribution is 0.0282. The molecule has 4 amide bonds. The first-order chi connectivity index (χ1) is 9.08. The maximum absolute atomic E-state index is 11.6. The van der Waals surface area contributed by atoms with Crippen molar-refractivity contribution in [1.29, 1.82) is 0 Å². The average Bonchev–Trinajstić information content (AvgIpc) is 2.89. The second-order valence-corrected chi connectivity index (χ2v) is 5.33. The van der Waals surface area contributed by atoms with Crippen molar-refractivity contribution >= 4 is 29.0 Å². The molecule has 100 valence electrons. The van der Waals surface area contributed by atoms with Crippen LogP contribution in [0, 0.1) is 0 Å². The van der Waals surface area contributed by atoms with Crippen molar-refractivity contribution in [2.24, 2.45) is 11.5 Å². The highest BCUT2D eigenvalue weighted by Crippen LogP contribution is 2.41. The Morgan fingerprint density at radius 3 is 2.89 bits per heavy atom. The number of nitrogens with one attached hydrogen (secondary N) is 1. The minimum atomic E-state index is -0.742. The number of urea groups is 2. The number of carbonyl (C=O) groups excluding carboxylic acids is 2. The lowest BCUT2D eigenvalue weighted by Crippen LogP contribution is -2.56. The molecule has 8 heteroatoms. The first-order valence-corrected chi connectivity index (χ1v) is 6.68. The first-order valence-electron chi connectivity index (χ1n) is 5.80. The van der Waals surface area contributed by atoms with Crippen LogP contribution in [0.2, 0.25) is 0 Å². The van der Waals surface area contributed by atoms with Crippen LogP contribution in [0.25, 0.3) is 5.57 Å². The number of thiophene rings is 1. The van der Waals surface area contributed by atoms with Gasteiger partial charge in [-0.15, -0.1) is 11.3 Å². The fourth-order valence-electron chi connectivity index (χ4n) is 2.59. The van der Waals surface area contributed by atoms with Crippen LogP contribution in [-0.4, -0.2) is 28.2 Å². The summed E-state index contributed by atoms with van der Waals surface area (Å²) in [5.41, 5.74) is 15.1. The second kappa shape index (κ2) is 4.16. The zero-order chi connectivity index (χ0) is 13.6. The molecule has 0 saturated heterocycles. The van der Waals surface area contributed by atoms with Gasteiger partial charge in [0.15, 0.2) is 0 Å². The molecule has 1 aliphatic carbocycles. The van der Waals surface area contributed by atoms with Crippen molar-refractivity contribution in [2.75, 3.05) is 0 Å². The van der Waals surface area contributed by atoms with Gasteiger partial charge in [-0.05, 0) is 29.9 Å². The molecule has 0 bridgehead atoms. The smallest absolute Gasteiger partial charge is 0.335 e. The van der Waals surface area contributed by atoms with Gasteiger partial charge in [-0.2, -0.15) is 5.12 Å². The summed E-state index contributed by atoms with van der Waals surface area (Å²) in [5.74, 6) is 0. The molecule has 0 fully saturated rings. The molecular formula is C11H13N5O2S. The molecule has 3 rings (SSSR count). The van der Waals surface area contributed by atoms with E-state index in [0.717, 1.165) is 23.3 Å². The largest absolute Gasteiger partial charge is 0.350 e. The van der Waals surface area contributed by atoms with Gasteiger partial charge < -0.3 is 11.5 Å². The van der Waals surface area contributed by atoms with E-state index in [1.165, 1.54) is 15.7 Å². The summed E-state index contributed by atoms with van der Waals surface area (Å²) in [7, 11) is 0. The number of rotatable bonds is 1. The van der Waals surface area contributed by atoms with Crippen molar-refractivity contribution in [2.45, 2.75) is 18.9 Å². The topological polar surface area (TPSA) is 105 Å². The number of aryl methyl sites for hydroxylation is 1. The maximum Gasteiger partial charge on any atom is 0.335 e. The van der Waals surface area contributed by atoms with Gasteiger partial charge in [0.2, 0.25) is 0 Å². The molecule has 0 saturated carbocycles. The Balaban J connectivity index is 2.00. The predicted octanol–water partition coefficient (Wildman–Crippen LogP) is 0.598. The molecule has 0 radical (unpaired) electrons. The van der Waals surface area contributed by atoms with Crippen LogP contribution in [0.15, 0.2) is 17.6 Å². The van der Waals surface area contributed by atoms with Gasteiger partial charge in [0.05, 0.1) is 12.2 Å². The summed E-state index contributed by atoms with van der Waals surface area (Å²) in [4.78, 5) is 23.7. The van der Waals surface area contributed by atoms with Gasteiger partial charge >= 0.3 is 12.1 Å². The van der Waals surface area contributed by atoms with Crippen LogP contribution >= 0.6 is 11.3 Å². The van der Waals surface area contributed by atoms with E-state index in [2.05, 4.69) is 11.5 Å². The lowest BCUT2D eigenvalue weighted by Gasteiger charge is -2.33. The number of nitrogens with zero attached hydrogens (tertiary/aromatic N) is 2. The Bertz CT molecular complexity index is 581. The number of carbonyl (C=O) groups is 2. The Labute approximate surface area is 113 Å². The van der Waals surface area contributed by atoms with Gasteiger partial charge in [0.1, 0.15) is 0 Å². The molecule has 2 heterocycles. The van der Waals surface area contributed by atoms with Crippen molar-refractivity contribution in [3.05, 3.63) is 28.1 Å². The Hall–Kier alpha value is -2.22. The van der Waals surface area contributed by atoms with Gasteiger partial charge in [-0.1, -0.05) is 0 Å². The molecule has 0 spiro atoms. The second-order valence-electron chi connectivity index (χ2n) is 4.42. The normalized spacial score (nSPS) is 20.6. The molecule has 7 nitrogen and oxygen atoms in total. The molecule has 19 heavy (non-hydrogen) atoms. The summed E-state index contributed by atoms with van der Waals surface area (Å²) in [6.07, 6.45) is 3.36. The molecular weight excluding hydrogens is 266 g/mol. The fraction of sp³-hybridized carbons (Fsp3) is 0.273. The summed E-state index contributed by atoms with van der Waals surface area (Å²) in [6.45, 7) is 0. The summed E-state index contributed by atoms with van der Waals surface area (Å²) < 4.78 is 0. The van der Waals surface area contributed by atoms with Crippen LogP contribution in [0.1, 0.15) is 16.9 Å². The number of hydrogen-bond donors (Lipinski definition) is 3. The maximum atomic E-state index is 11.6. The Kier molecular flexibility index (Phi) is 2.59. The van der Waals surface area contributed by atoms with Gasteiger partial charge in [-0.3, -0.25) is 0 Å². The van der Waals surface area contributed by atoms with Crippen LogP contribution < -0.4 is 16.9 Å². The standard InChI is InChI=1S/C11H13N5O2S/c12-10(17)14-15-5-7-8(16(15)11(13)18)2-1-6-3-4-19-9(6)7/h3-5,8H,1-2H2,(H2,13,18)(H3,12,14,17). The minimum absolute atomic E-state index is 0.143. The van der Waals surface area contributed by atoms with Crippen molar-refractivity contribution in [1.82, 2.24) is 15.6 Å². The monoisotopic (exact) mass is 279 g/mol. The number of hydrazine groups is 2. The minimum Gasteiger partial charge on any atom is -0.350 e. The summed E-state index contributed by atoms with van der Waals surface area (Å²) >= 11 is 1.62. The van der Waals surface area contributed by atoms with E-state index in [9.17, 15) is 9.59 Å². The van der Waals surface area contributed by atoms with Gasteiger partial charge in [-0.25, -0.2) is 20.0 Å². The van der Waals surface area contributed by atoms with E-state index in [1.807, 2.05) is 5.38 Å². The average molecular weight is 279 g/mol. The van der Waals surface area contributed by atoms with Crippen LogP contribution in [-0.2, 0) is 6.42 Å². The molecule has 1 unspecified atom stereocenters. The fourth-order valence-corrected chi connectivity index (χ4v) is 3.60. The lowest BCUT2D eigenvalue weighted by atomic mass is 9.91. The predicted molar refractivity (Wildman–Crippen MR) is 70.4 cm³/mol. The van der Waals surface area contributed by atoms with Crippen LogP contribution in [0.3, 0.4) is 0 Å². The number of hydrogen-bond acceptors (Lipinski definition) is 4. The number of amides is 4. The molecule has 1 atom stereocenters. The Morgan fingerprint density at radius 2 is 2.21 bits per heavy atom. The van der Waals surface area contributed by atoms with E-state index in [-0.39, 0.29) is 6.04 Å². The highest BCUT2D eigenvalue weighted by atomic mass is 32.1.